The van der Waals surface area contributed by atoms with Crippen LogP contribution in [0.4, 0.5) is 10.5 Å². The molecular formula is C23H27ClN2O5. The molecule has 1 aliphatic rings. The van der Waals surface area contributed by atoms with Crippen LogP contribution in [0.2, 0.25) is 5.02 Å². The average molecular weight is 447 g/mol. The molecule has 0 radical (unpaired) electrons. The molecule has 0 bridgehead atoms. The second-order valence-corrected chi connectivity index (χ2v) is 7.48. The lowest BCUT2D eigenvalue weighted by atomic mass is 9.90. The van der Waals surface area contributed by atoms with Crippen LogP contribution in [0.1, 0.15) is 37.4 Å². The van der Waals surface area contributed by atoms with Gasteiger partial charge in [-0.05, 0) is 61.7 Å². The molecule has 1 aliphatic heterocycles. The van der Waals surface area contributed by atoms with Gasteiger partial charge in [0.15, 0.2) is 11.5 Å². The third kappa shape index (κ3) is 5.41. The summed E-state index contributed by atoms with van der Waals surface area (Å²) in [6.45, 7) is 5.24. The second kappa shape index (κ2) is 10.4. The molecule has 7 nitrogen and oxygen atoms in total. The summed E-state index contributed by atoms with van der Waals surface area (Å²) in [5.74, 6) is 0.858. The first kappa shape index (κ1) is 22.7. The van der Waals surface area contributed by atoms with Gasteiger partial charge in [0.1, 0.15) is 0 Å². The van der Waals surface area contributed by atoms with E-state index in [1.807, 2.05) is 26.0 Å². The van der Waals surface area contributed by atoms with Crippen molar-refractivity contribution in [1.82, 2.24) is 4.90 Å². The molecule has 8 heteroatoms. The van der Waals surface area contributed by atoms with E-state index in [1.54, 1.807) is 29.2 Å². The monoisotopic (exact) mass is 446 g/mol. The Morgan fingerprint density at radius 2 is 1.84 bits per heavy atom. The topological polar surface area (TPSA) is 77.1 Å². The van der Waals surface area contributed by atoms with Gasteiger partial charge in [0.05, 0.1) is 32.8 Å². The summed E-state index contributed by atoms with van der Waals surface area (Å²) in [6, 6.07) is 9.95. The fourth-order valence-electron chi connectivity index (χ4n) is 3.71. The van der Waals surface area contributed by atoms with E-state index in [9.17, 15) is 9.59 Å². The second-order valence-electron chi connectivity index (χ2n) is 7.04. The number of amides is 2. The van der Waals surface area contributed by atoms with E-state index in [1.165, 1.54) is 7.11 Å². The fraction of sp³-hybridized carbons (Fsp3) is 0.391. The van der Waals surface area contributed by atoms with Crippen molar-refractivity contribution in [3.63, 3.8) is 0 Å². The highest BCUT2D eigenvalue weighted by Gasteiger charge is 2.34. The van der Waals surface area contributed by atoms with Crippen LogP contribution in [-0.2, 0) is 16.0 Å². The van der Waals surface area contributed by atoms with E-state index < -0.39 is 12.0 Å². The number of fused-ring (bicyclic) bond motifs is 1. The lowest BCUT2D eigenvalue weighted by molar-refractivity contribution is -0.141. The van der Waals surface area contributed by atoms with Crippen molar-refractivity contribution < 1.29 is 23.8 Å². The molecule has 166 valence electrons. The van der Waals surface area contributed by atoms with E-state index in [2.05, 4.69) is 5.32 Å². The predicted molar refractivity (Wildman–Crippen MR) is 119 cm³/mol. The zero-order valence-corrected chi connectivity index (χ0v) is 18.7. The van der Waals surface area contributed by atoms with Gasteiger partial charge in [-0.1, -0.05) is 17.7 Å². The number of hydrogen-bond acceptors (Lipinski definition) is 5. The number of anilines is 1. The molecule has 2 aromatic rings. The molecule has 31 heavy (non-hydrogen) atoms. The smallest absolute Gasteiger partial charge is 0.322 e. The van der Waals surface area contributed by atoms with Gasteiger partial charge < -0.3 is 24.4 Å². The van der Waals surface area contributed by atoms with Crippen LogP contribution in [0.3, 0.4) is 0 Å². The number of nitrogens with one attached hydrogen (secondary N) is 1. The maximum atomic E-state index is 13.1. The first-order valence-corrected chi connectivity index (χ1v) is 10.7. The van der Waals surface area contributed by atoms with Crippen molar-refractivity contribution in [2.75, 3.05) is 32.2 Å². The average Bonchev–Trinajstić information content (AvgIpc) is 2.74. The van der Waals surface area contributed by atoms with Crippen molar-refractivity contribution in [3.8, 4) is 11.5 Å². The third-order valence-electron chi connectivity index (χ3n) is 5.09. The lowest BCUT2D eigenvalue weighted by Gasteiger charge is -2.37. The molecule has 0 fully saturated rings. The summed E-state index contributed by atoms with van der Waals surface area (Å²) >= 11 is 6.03. The number of carbonyl (C=O) groups excluding carboxylic acids is 2. The van der Waals surface area contributed by atoms with Gasteiger partial charge in [-0.15, -0.1) is 0 Å². The summed E-state index contributed by atoms with van der Waals surface area (Å²) in [5.41, 5.74) is 2.46. The van der Waals surface area contributed by atoms with Gasteiger partial charge in [0, 0.05) is 17.3 Å². The summed E-state index contributed by atoms with van der Waals surface area (Å²) in [6.07, 6.45) is 0.661. The summed E-state index contributed by atoms with van der Waals surface area (Å²) in [4.78, 5) is 26.9. The molecule has 0 spiro atoms. The first-order chi connectivity index (χ1) is 15.0. The Labute approximate surface area is 187 Å². The van der Waals surface area contributed by atoms with Crippen LogP contribution in [0.15, 0.2) is 36.4 Å². The van der Waals surface area contributed by atoms with Crippen LogP contribution in [-0.4, -0.2) is 43.8 Å². The third-order valence-corrected chi connectivity index (χ3v) is 5.32. The number of carbonyl (C=O) groups is 2. The fourth-order valence-corrected chi connectivity index (χ4v) is 3.90. The Balaban J connectivity index is 1.96. The van der Waals surface area contributed by atoms with Crippen LogP contribution in [0.5, 0.6) is 11.5 Å². The summed E-state index contributed by atoms with van der Waals surface area (Å²) in [7, 11) is 1.34. The number of halogens is 1. The number of nitrogens with zero attached hydrogens (tertiary/aromatic N) is 1. The molecule has 1 heterocycles. The van der Waals surface area contributed by atoms with Crippen molar-refractivity contribution >= 4 is 29.3 Å². The maximum absolute atomic E-state index is 13.1. The van der Waals surface area contributed by atoms with Crippen molar-refractivity contribution in [3.05, 3.63) is 52.5 Å². The van der Waals surface area contributed by atoms with E-state index in [4.69, 9.17) is 25.8 Å². The molecule has 1 atom stereocenters. The van der Waals surface area contributed by atoms with Gasteiger partial charge in [0.2, 0.25) is 0 Å². The van der Waals surface area contributed by atoms with Gasteiger partial charge in [0.25, 0.3) is 0 Å². The standard InChI is InChI=1S/C23H27ClN2O5/c1-4-30-20-11-15-9-10-26(23(28)25-17-8-6-7-16(24)12-17)19(14-22(27)29-3)18(15)13-21(20)31-5-2/h6-8,11-13,19H,4-5,9-10,14H2,1-3H3,(H,25,28). The minimum Gasteiger partial charge on any atom is -0.490 e. The number of esters is 1. The molecule has 3 rings (SSSR count). The van der Waals surface area contributed by atoms with Crippen molar-refractivity contribution in [2.24, 2.45) is 0 Å². The minimum atomic E-state index is -0.495. The molecule has 2 amide bonds. The number of benzene rings is 2. The molecule has 1 N–H and O–H groups in total. The Bertz CT molecular complexity index is 950. The zero-order chi connectivity index (χ0) is 22.4. The largest absolute Gasteiger partial charge is 0.490 e. The maximum Gasteiger partial charge on any atom is 0.322 e. The SMILES string of the molecule is CCOc1cc2c(cc1OCC)C(CC(=O)OC)N(C(=O)Nc1cccc(Cl)c1)CC2. The molecule has 0 aromatic heterocycles. The lowest BCUT2D eigenvalue weighted by Crippen LogP contribution is -2.43. The van der Waals surface area contributed by atoms with Crippen LogP contribution < -0.4 is 14.8 Å². The van der Waals surface area contributed by atoms with Crippen molar-refractivity contribution in [2.45, 2.75) is 32.7 Å². The van der Waals surface area contributed by atoms with Gasteiger partial charge in [-0.3, -0.25) is 4.79 Å². The number of methoxy groups -OCH3 is 1. The van der Waals surface area contributed by atoms with Crippen molar-refractivity contribution in [1.29, 1.82) is 0 Å². The highest BCUT2D eigenvalue weighted by molar-refractivity contribution is 6.30. The van der Waals surface area contributed by atoms with Crippen LogP contribution in [0.25, 0.3) is 0 Å². The Kier molecular flexibility index (Phi) is 7.63. The van der Waals surface area contributed by atoms with E-state index in [-0.39, 0.29) is 12.5 Å². The number of urea groups is 1. The highest BCUT2D eigenvalue weighted by atomic mass is 35.5. The molecule has 0 saturated carbocycles. The van der Waals surface area contributed by atoms with Crippen LogP contribution in [0, 0.1) is 0 Å². The molecule has 2 aromatic carbocycles. The molecular weight excluding hydrogens is 420 g/mol. The van der Waals surface area contributed by atoms with Gasteiger partial charge in [-0.2, -0.15) is 0 Å². The molecule has 0 saturated heterocycles. The minimum absolute atomic E-state index is 0.0337. The Hall–Kier alpha value is -2.93. The van der Waals surface area contributed by atoms with Gasteiger partial charge in [-0.25, -0.2) is 4.79 Å². The molecule has 0 aliphatic carbocycles. The zero-order valence-electron chi connectivity index (χ0n) is 17.9. The normalized spacial score (nSPS) is 15.1. The summed E-state index contributed by atoms with van der Waals surface area (Å²) in [5, 5.41) is 3.40. The van der Waals surface area contributed by atoms with E-state index in [0.29, 0.717) is 48.4 Å². The summed E-state index contributed by atoms with van der Waals surface area (Å²) < 4.78 is 16.4. The number of ether oxygens (including phenoxy) is 3. The predicted octanol–water partition coefficient (Wildman–Crippen LogP) is 4.83. The number of hydrogen-bond donors (Lipinski definition) is 1. The van der Waals surface area contributed by atoms with E-state index in [0.717, 1.165) is 11.1 Å². The Morgan fingerprint density at radius 3 is 2.48 bits per heavy atom. The number of rotatable bonds is 7. The Morgan fingerprint density at radius 1 is 1.13 bits per heavy atom. The quantitative estimate of drug-likeness (QED) is 0.616. The van der Waals surface area contributed by atoms with Crippen LogP contribution >= 0.6 is 11.6 Å². The van der Waals surface area contributed by atoms with E-state index >= 15 is 0 Å². The molecule has 1 unspecified atom stereocenters. The highest BCUT2D eigenvalue weighted by Crippen LogP contribution is 2.40. The first-order valence-electron chi connectivity index (χ1n) is 10.3. The van der Waals surface area contributed by atoms with Gasteiger partial charge >= 0.3 is 12.0 Å².